The van der Waals surface area contributed by atoms with E-state index in [-0.39, 0.29) is 23.3 Å². The third-order valence-electron chi connectivity index (χ3n) is 5.86. The number of para-hydroxylation sites is 1. The van der Waals surface area contributed by atoms with Crippen LogP contribution < -0.4 is 20.7 Å². The van der Waals surface area contributed by atoms with Gasteiger partial charge in [0.05, 0.1) is 18.4 Å². The minimum atomic E-state index is -0.721. The van der Waals surface area contributed by atoms with Crippen LogP contribution in [0, 0.1) is 5.92 Å². The summed E-state index contributed by atoms with van der Waals surface area (Å²) in [6.45, 7) is 4.26. The summed E-state index contributed by atoms with van der Waals surface area (Å²) in [6, 6.07) is 22.3. The summed E-state index contributed by atoms with van der Waals surface area (Å²) in [5, 5.41) is 8.58. The van der Waals surface area contributed by atoms with Gasteiger partial charge in [-0.1, -0.05) is 62.7 Å². The van der Waals surface area contributed by atoms with Crippen molar-refractivity contribution in [1.82, 2.24) is 10.6 Å². The third kappa shape index (κ3) is 6.93. The lowest BCUT2D eigenvalue weighted by molar-refractivity contribution is -0.124. The molecule has 7 heteroatoms. The van der Waals surface area contributed by atoms with E-state index in [0.717, 1.165) is 5.56 Å². The molecule has 3 N–H and O–H groups in total. The molecule has 0 aliphatic heterocycles. The summed E-state index contributed by atoms with van der Waals surface area (Å²) in [5.74, 6) is -0.488. The van der Waals surface area contributed by atoms with Crippen LogP contribution in [0.15, 0.2) is 78.9 Å². The SMILES string of the molecule is CC[C@H](C)[C@@H](NC(=O)c1ccccc1NC(=O)c1ccc(OC)cc1)C(=O)NCc1ccccc1. The number of anilines is 1. The second kappa shape index (κ2) is 12.4. The van der Waals surface area contributed by atoms with E-state index < -0.39 is 11.9 Å². The van der Waals surface area contributed by atoms with E-state index in [4.69, 9.17) is 4.74 Å². The number of methoxy groups -OCH3 is 1. The second-order valence-electron chi connectivity index (χ2n) is 8.27. The van der Waals surface area contributed by atoms with Crippen LogP contribution in [0.5, 0.6) is 5.75 Å². The first kappa shape index (κ1) is 25.5. The Balaban J connectivity index is 1.72. The number of benzene rings is 3. The zero-order valence-electron chi connectivity index (χ0n) is 20.2. The van der Waals surface area contributed by atoms with Crippen molar-refractivity contribution in [3.8, 4) is 5.75 Å². The van der Waals surface area contributed by atoms with E-state index in [1.54, 1.807) is 55.6 Å². The van der Waals surface area contributed by atoms with Crippen LogP contribution in [0.25, 0.3) is 0 Å². The molecule has 0 radical (unpaired) electrons. The van der Waals surface area contributed by atoms with Crippen LogP contribution >= 0.6 is 0 Å². The fraction of sp³-hybridized carbons (Fsp3) is 0.250. The maximum Gasteiger partial charge on any atom is 0.255 e. The van der Waals surface area contributed by atoms with E-state index in [1.807, 2.05) is 44.2 Å². The molecule has 0 bridgehead atoms. The Kier molecular flexibility index (Phi) is 9.01. The summed E-state index contributed by atoms with van der Waals surface area (Å²) >= 11 is 0. The molecule has 3 aromatic carbocycles. The van der Waals surface area contributed by atoms with Gasteiger partial charge in [0.15, 0.2) is 0 Å². The molecule has 0 saturated heterocycles. The Labute approximate surface area is 205 Å². The molecule has 2 atom stereocenters. The van der Waals surface area contributed by atoms with Crippen molar-refractivity contribution in [2.45, 2.75) is 32.9 Å². The van der Waals surface area contributed by atoms with Gasteiger partial charge in [0.2, 0.25) is 5.91 Å². The number of hydrogen-bond acceptors (Lipinski definition) is 4. The number of amides is 3. The van der Waals surface area contributed by atoms with Gasteiger partial charge in [0, 0.05) is 12.1 Å². The van der Waals surface area contributed by atoms with Crippen molar-refractivity contribution in [2.24, 2.45) is 5.92 Å². The summed E-state index contributed by atoms with van der Waals surface area (Å²) in [6.07, 6.45) is 0.708. The summed E-state index contributed by atoms with van der Waals surface area (Å²) in [7, 11) is 1.55. The van der Waals surface area contributed by atoms with Crippen LogP contribution in [0.3, 0.4) is 0 Å². The van der Waals surface area contributed by atoms with Gasteiger partial charge in [-0.15, -0.1) is 0 Å². The Bertz CT molecular complexity index is 1150. The molecule has 0 aliphatic rings. The Morgan fingerprint density at radius 1 is 0.857 bits per heavy atom. The first-order valence-electron chi connectivity index (χ1n) is 11.6. The van der Waals surface area contributed by atoms with Gasteiger partial charge in [0.1, 0.15) is 11.8 Å². The smallest absolute Gasteiger partial charge is 0.255 e. The molecule has 0 heterocycles. The molecular weight excluding hydrogens is 442 g/mol. The van der Waals surface area contributed by atoms with Crippen molar-refractivity contribution >= 4 is 23.4 Å². The van der Waals surface area contributed by atoms with Crippen LogP contribution in [-0.2, 0) is 11.3 Å². The number of hydrogen-bond donors (Lipinski definition) is 3. The maximum absolute atomic E-state index is 13.2. The highest BCUT2D eigenvalue weighted by molar-refractivity contribution is 6.09. The van der Waals surface area contributed by atoms with E-state index in [2.05, 4.69) is 16.0 Å². The lowest BCUT2D eigenvalue weighted by Crippen LogP contribution is -2.50. The lowest BCUT2D eigenvalue weighted by Gasteiger charge is -2.24. The predicted octanol–water partition coefficient (Wildman–Crippen LogP) is 4.41. The molecule has 35 heavy (non-hydrogen) atoms. The number of rotatable bonds is 10. The molecule has 7 nitrogen and oxygen atoms in total. The monoisotopic (exact) mass is 473 g/mol. The van der Waals surface area contributed by atoms with E-state index in [0.29, 0.717) is 30.0 Å². The van der Waals surface area contributed by atoms with Gasteiger partial charge in [0.25, 0.3) is 11.8 Å². The number of carbonyl (C=O) groups is 3. The van der Waals surface area contributed by atoms with Gasteiger partial charge in [-0.25, -0.2) is 0 Å². The summed E-state index contributed by atoms with van der Waals surface area (Å²) in [4.78, 5) is 38.9. The molecule has 0 spiro atoms. The molecule has 0 saturated carbocycles. The summed E-state index contributed by atoms with van der Waals surface area (Å²) in [5.41, 5.74) is 2.04. The van der Waals surface area contributed by atoms with Gasteiger partial charge in [-0.2, -0.15) is 0 Å². The Hall–Kier alpha value is -4.13. The van der Waals surface area contributed by atoms with Crippen LogP contribution in [-0.4, -0.2) is 30.9 Å². The average molecular weight is 474 g/mol. The largest absolute Gasteiger partial charge is 0.497 e. The molecular formula is C28H31N3O4. The minimum absolute atomic E-state index is 0.0872. The average Bonchev–Trinajstić information content (AvgIpc) is 2.90. The molecule has 0 fully saturated rings. The highest BCUT2D eigenvalue weighted by atomic mass is 16.5. The fourth-order valence-electron chi connectivity index (χ4n) is 3.54. The van der Waals surface area contributed by atoms with E-state index >= 15 is 0 Å². The first-order chi connectivity index (χ1) is 16.9. The molecule has 182 valence electrons. The molecule has 3 aromatic rings. The first-order valence-corrected chi connectivity index (χ1v) is 11.6. The maximum atomic E-state index is 13.2. The topological polar surface area (TPSA) is 96.5 Å². The van der Waals surface area contributed by atoms with Crippen LogP contribution in [0.4, 0.5) is 5.69 Å². The van der Waals surface area contributed by atoms with Crippen molar-refractivity contribution < 1.29 is 19.1 Å². The summed E-state index contributed by atoms with van der Waals surface area (Å²) < 4.78 is 5.13. The predicted molar refractivity (Wildman–Crippen MR) is 136 cm³/mol. The number of nitrogens with one attached hydrogen (secondary N) is 3. The highest BCUT2D eigenvalue weighted by Crippen LogP contribution is 2.19. The molecule has 0 aromatic heterocycles. The lowest BCUT2D eigenvalue weighted by atomic mass is 9.97. The minimum Gasteiger partial charge on any atom is -0.497 e. The molecule has 0 unspecified atom stereocenters. The quantitative estimate of drug-likeness (QED) is 0.406. The van der Waals surface area contributed by atoms with Crippen molar-refractivity contribution in [3.63, 3.8) is 0 Å². The normalized spacial score (nSPS) is 12.2. The molecule has 0 aliphatic carbocycles. The third-order valence-corrected chi connectivity index (χ3v) is 5.86. The molecule has 3 amide bonds. The van der Waals surface area contributed by atoms with Gasteiger partial charge >= 0.3 is 0 Å². The number of ether oxygens (including phenoxy) is 1. The van der Waals surface area contributed by atoms with E-state index in [1.165, 1.54) is 0 Å². The van der Waals surface area contributed by atoms with E-state index in [9.17, 15) is 14.4 Å². The van der Waals surface area contributed by atoms with Gasteiger partial charge < -0.3 is 20.7 Å². The Morgan fingerprint density at radius 3 is 2.17 bits per heavy atom. The van der Waals surface area contributed by atoms with Crippen molar-refractivity contribution in [2.75, 3.05) is 12.4 Å². The molecule has 3 rings (SSSR count). The highest BCUT2D eigenvalue weighted by Gasteiger charge is 2.27. The van der Waals surface area contributed by atoms with Crippen LogP contribution in [0.2, 0.25) is 0 Å². The number of carbonyl (C=O) groups excluding carboxylic acids is 3. The zero-order valence-corrected chi connectivity index (χ0v) is 20.2. The van der Waals surface area contributed by atoms with Crippen molar-refractivity contribution in [3.05, 3.63) is 95.6 Å². The Morgan fingerprint density at radius 2 is 1.51 bits per heavy atom. The fourth-order valence-corrected chi connectivity index (χ4v) is 3.54. The van der Waals surface area contributed by atoms with Crippen LogP contribution in [0.1, 0.15) is 46.5 Å². The standard InChI is InChI=1S/C28H31N3O4/c1-4-19(2)25(28(34)29-18-20-10-6-5-7-11-20)31-27(33)23-12-8-9-13-24(23)30-26(32)21-14-16-22(35-3)17-15-21/h5-17,19,25H,4,18H2,1-3H3,(H,29,34)(H,30,32)(H,31,33)/t19-,25+/m0/s1. The van der Waals surface area contributed by atoms with Crippen molar-refractivity contribution in [1.29, 1.82) is 0 Å². The van der Waals surface area contributed by atoms with Gasteiger partial charge in [-0.3, -0.25) is 14.4 Å². The van der Waals surface area contributed by atoms with Gasteiger partial charge in [-0.05, 0) is 47.9 Å². The second-order valence-corrected chi connectivity index (χ2v) is 8.27. The zero-order chi connectivity index (χ0) is 25.2.